The van der Waals surface area contributed by atoms with Crippen molar-refractivity contribution in [3.63, 3.8) is 0 Å². The zero-order valence-electron chi connectivity index (χ0n) is 10.0. The average molecular weight is 269 g/mol. The van der Waals surface area contributed by atoms with Gasteiger partial charge >= 0.3 is 5.97 Å². The first-order chi connectivity index (χ1) is 8.45. The van der Waals surface area contributed by atoms with Crippen LogP contribution in [0.1, 0.15) is 18.1 Å². The summed E-state index contributed by atoms with van der Waals surface area (Å²) < 4.78 is 25.0. The van der Waals surface area contributed by atoms with Crippen molar-refractivity contribution < 1.29 is 18.3 Å². The second-order valence-electron chi connectivity index (χ2n) is 4.27. The number of carboxylic acids is 1. The van der Waals surface area contributed by atoms with Gasteiger partial charge in [-0.1, -0.05) is 24.3 Å². The van der Waals surface area contributed by atoms with Crippen LogP contribution in [0.15, 0.2) is 24.3 Å². The summed E-state index contributed by atoms with van der Waals surface area (Å²) >= 11 is 0. The van der Waals surface area contributed by atoms with E-state index in [1.54, 1.807) is 0 Å². The van der Waals surface area contributed by atoms with Crippen molar-refractivity contribution in [1.29, 1.82) is 0 Å². The first-order valence-corrected chi connectivity index (χ1v) is 7.35. The molecule has 0 spiro atoms. The first-order valence-electron chi connectivity index (χ1n) is 5.75. The Hall–Kier alpha value is -1.40. The maximum Gasteiger partial charge on any atom is 0.322 e. The van der Waals surface area contributed by atoms with Crippen molar-refractivity contribution in [1.82, 2.24) is 4.31 Å². The lowest BCUT2D eigenvalue weighted by molar-refractivity contribution is -0.141. The fourth-order valence-electron chi connectivity index (χ4n) is 2.17. The van der Waals surface area contributed by atoms with Crippen LogP contribution >= 0.6 is 0 Å². The fraction of sp³-hybridized carbons (Fsp3) is 0.417. The molecular formula is C12H15NO4S. The minimum absolute atomic E-state index is 0.0844. The lowest BCUT2D eigenvalue weighted by Gasteiger charge is -2.33. The average Bonchev–Trinajstić information content (AvgIpc) is 2.37. The molecule has 18 heavy (non-hydrogen) atoms. The SMILES string of the molecule is CCS(=O)(=O)N1Cc2ccccc2C[C@H]1C(=O)O. The first kappa shape index (κ1) is 13.0. The van der Waals surface area contributed by atoms with Crippen molar-refractivity contribution >= 4 is 16.0 Å². The zero-order valence-corrected chi connectivity index (χ0v) is 10.9. The van der Waals surface area contributed by atoms with Crippen LogP contribution in [-0.4, -0.2) is 35.6 Å². The number of sulfonamides is 1. The van der Waals surface area contributed by atoms with E-state index < -0.39 is 22.0 Å². The highest BCUT2D eigenvalue weighted by Crippen LogP contribution is 2.26. The number of hydrogen-bond acceptors (Lipinski definition) is 3. The fourth-order valence-corrected chi connectivity index (χ4v) is 3.39. The smallest absolute Gasteiger partial charge is 0.322 e. The van der Waals surface area contributed by atoms with Crippen LogP contribution in [0.5, 0.6) is 0 Å². The molecule has 0 bridgehead atoms. The molecule has 1 aromatic carbocycles. The summed E-state index contributed by atoms with van der Waals surface area (Å²) in [6.07, 6.45) is 0.227. The van der Waals surface area contributed by atoms with Crippen molar-refractivity contribution in [3.8, 4) is 0 Å². The lowest BCUT2D eigenvalue weighted by Crippen LogP contribution is -2.49. The summed E-state index contributed by atoms with van der Waals surface area (Å²) in [6.45, 7) is 1.66. The highest BCUT2D eigenvalue weighted by molar-refractivity contribution is 7.89. The van der Waals surface area contributed by atoms with Gasteiger partial charge in [0.15, 0.2) is 0 Å². The van der Waals surface area contributed by atoms with Gasteiger partial charge in [0.2, 0.25) is 10.0 Å². The third kappa shape index (κ3) is 2.26. The van der Waals surface area contributed by atoms with Gasteiger partial charge in [0.05, 0.1) is 5.75 Å². The molecule has 1 aliphatic rings. The van der Waals surface area contributed by atoms with Gasteiger partial charge in [-0.25, -0.2) is 8.42 Å². The lowest BCUT2D eigenvalue weighted by atomic mass is 9.96. The summed E-state index contributed by atoms with van der Waals surface area (Å²) in [5.74, 6) is -1.18. The van der Waals surface area contributed by atoms with Crippen LogP contribution in [0.25, 0.3) is 0 Å². The van der Waals surface area contributed by atoms with E-state index in [1.807, 2.05) is 24.3 Å². The Morgan fingerprint density at radius 3 is 2.56 bits per heavy atom. The highest BCUT2D eigenvalue weighted by Gasteiger charge is 2.37. The summed E-state index contributed by atoms with van der Waals surface area (Å²) in [5.41, 5.74) is 1.79. The van der Waals surface area contributed by atoms with Crippen LogP contribution in [0.3, 0.4) is 0 Å². The quantitative estimate of drug-likeness (QED) is 0.882. The molecule has 0 radical (unpaired) electrons. The van der Waals surface area contributed by atoms with Crippen LogP contribution in [0.4, 0.5) is 0 Å². The number of benzene rings is 1. The van der Waals surface area contributed by atoms with E-state index in [4.69, 9.17) is 0 Å². The molecule has 0 aliphatic carbocycles. The molecule has 0 saturated carbocycles. The van der Waals surface area contributed by atoms with Crippen molar-refractivity contribution in [2.24, 2.45) is 0 Å². The van der Waals surface area contributed by atoms with Crippen LogP contribution in [0.2, 0.25) is 0 Å². The van der Waals surface area contributed by atoms with E-state index in [-0.39, 0.29) is 18.7 Å². The van der Waals surface area contributed by atoms with Crippen LogP contribution in [-0.2, 0) is 27.8 Å². The largest absolute Gasteiger partial charge is 0.480 e. The maximum atomic E-state index is 11.9. The third-order valence-corrected chi connectivity index (χ3v) is 5.04. The summed E-state index contributed by atoms with van der Waals surface area (Å²) in [7, 11) is -3.51. The second kappa shape index (κ2) is 4.70. The standard InChI is InChI=1S/C12H15NO4S/c1-2-18(16,17)13-8-10-6-4-3-5-9(10)7-11(13)12(14)15/h3-6,11H,2,7-8H2,1H3,(H,14,15)/t11-/m0/s1. The van der Waals surface area contributed by atoms with E-state index in [9.17, 15) is 18.3 Å². The third-order valence-electron chi connectivity index (χ3n) is 3.21. The minimum Gasteiger partial charge on any atom is -0.480 e. The molecule has 6 heteroatoms. The van der Waals surface area contributed by atoms with Gasteiger partial charge < -0.3 is 5.11 Å². The molecule has 1 N–H and O–H groups in total. The molecular weight excluding hydrogens is 254 g/mol. The van der Waals surface area contributed by atoms with E-state index >= 15 is 0 Å². The Morgan fingerprint density at radius 1 is 1.39 bits per heavy atom. The summed E-state index contributed by atoms with van der Waals surface area (Å²) in [4.78, 5) is 11.2. The predicted molar refractivity (Wildman–Crippen MR) is 66.6 cm³/mol. The Labute approximate surface area is 106 Å². The molecule has 2 rings (SSSR count). The van der Waals surface area contributed by atoms with E-state index in [1.165, 1.54) is 6.92 Å². The number of aliphatic carboxylic acids is 1. The molecule has 0 unspecified atom stereocenters. The van der Waals surface area contributed by atoms with E-state index in [2.05, 4.69) is 0 Å². The molecule has 0 aromatic heterocycles. The Morgan fingerprint density at radius 2 is 2.00 bits per heavy atom. The molecule has 1 aliphatic heterocycles. The predicted octanol–water partition coefficient (Wildman–Crippen LogP) is 0.848. The van der Waals surface area contributed by atoms with Crippen molar-refractivity contribution in [3.05, 3.63) is 35.4 Å². The van der Waals surface area contributed by atoms with Gasteiger partial charge in [0.1, 0.15) is 6.04 Å². The van der Waals surface area contributed by atoms with Crippen molar-refractivity contribution in [2.75, 3.05) is 5.75 Å². The van der Waals surface area contributed by atoms with Crippen LogP contribution in [0, 0.1) is 0 Å². The van der Waals surface area contributed by atoms with Crippen molar-refractivity contribution in [2.45, 2.75) is 25.9 Å². The van der Waals surface area contributed by atoms with Gasteiger partial charge in [-0.3, -0.25) is 4.79 Å². The molecule has 0 saturated heterocycles. The highest BCUT2D eigenvalue weighted by atomic mass is 32.2. The molecule has 1 heterocycles. The summed E-state index contributed by atoms with van der Waals surface area (Å²) in [5, 5.41) is 9.19. The van der Waals surface area contributed by atoms with Gasteiger partial charge in [-0.15, -0.1) is 0 Å². The van der Waals surface area contributed by atoms with Crippen LogP contribution < -0.4 is 0 Å². The second-order valence-corrected chi connectivity index (χ2v) is 6.48. The maximum absolute atomic E-state index is 11.9. The van der Waals surface area contributed by atoms with Gasteiger partial charge in [0.25, 0.3) is 0 Å². The van der Waals surface area contributed by atoms with Gasteiger partial charge in [0, 0.05) is 13.0 Å². The number of fused-ring (bicyclic) bond motifs is 1. The molecule has 1 aromatic rings. The molecule has 0 fully saturated rings. The Kier molecular flexibility index (Phi) is 3.41. The van der Waals surface area contributed by atoms with Gasteiger partial charge in [-0.2, -0.15) is 4.31 Å². The Bertz CT molecular complexity index is 567. The molecule has 1 atom stereocenters. The number of rotatable bonds is 3. The molecule has 0 amide bonds. The zero-order chi connectivity index (χ0) is 13.3. The normalized spacial score (nSPS) is 20.4. The molecule has 98 valence electrons. The van der Waals surface area contributed by atoms with E-state index in [0.717, 1.165) is 15.4 Å². The monoisotopic (exact) mass is 269 g/mol. The topological polar surface area (TPSA) is 74.7 Å². The summed E-state index contributed by atoms with van der Waals surface area (Å²) in [6, 6.07) is 6.36. The molecule has 5 nitrogen and oxygen atoms in total. The number of carbonyl (C=O) groups is 1. The number of nitrogens with zero attached hydrogens (tertiary/aromatic N) is 1. The number of hydrogen-bond donors (Lipinski definition) is 1. The van der Waals surface area contributed by atoms with Gasteiger partial charge in [-0.05, 0) is 18.1 Å². The Balaban J connectivity index is 2.44. The van der Waals surface area contributed by atoms with E-state index in [0.29, 0.717) is 0 Å². The minimum atomic E-state index is -3.51. The number of carboxylic acid groups (broad SMARTS) is 1.